The standard InChI is InChI=1S/C16H12N4O/c1-2-5-12(6-3-1)10-21-20-11-19-14-9-18-13-7-4-8-17-15(13)16(14)20/h1-9,11H,10H2. The van der Waals surface area contributed by atoms with E-state index in [0.717, 1.165) is 27.6 Å². The van der Waals surface area contributed by atoms with E-state index in [1.165, 1.54) is 0 Å². The number of rotatable bonds is 3. The van der Waals surface area contributed by atoms with Gasteiger partial charge in [0.1, 0.15) is 29.5 Å². The Kier molecular flexibility index (Phi) is 2.74. The molecule has 0 N–H and O–H groups in total. The van der Waals surface area contributed by atoms with Crippen molar-refractivity contribution in [2.45, 2.75) is 6.61 Å². The van der Waals surface area contributed by atoms with Gasteiger partial charge in [0.15, 0.2) is 0 Å². The molecule has 4 aromatic rings. The molecule has 0 aliphatic rings. The second kappa shape index (κ2) is 4.86. The highest BCUT2D eigenvalue weighted by Gasteiger charge is 2.10. The molecule has 0 aliphatic carbocycles. The molecule has 0 radical (unpaired) electrons. The smallest absolute Gasteiger partial charge is 0.140 e. The molecule has 0 saturated heterocycles. The van der Waals surface area contributed by atoms with Crippen LogP contribution in [0.5, 0.6) is 0 Å². The maximum absolute atomic E-state index is 5.84. The number of benzene rings is 1. The first-order valence-corrected chi connectivity index (χ1v) is 6.66. The molecule has 5 nitrogen and oxygen atoms in total. The van der Waals surface area contributed by atoms with Gasteiger partial charge in [0.05, 0.1) is 11.7 Å². The zero-order chi connectivity index (χ0) is 14.1. The molecule has 0 fully saturated rings. The number of fused-ring (bicyclic) bond motifs is 3. The molecule has 0 saturated carbocycles. The minimum atomic E-state index is 0.475. The van der Waals surface area contributed by atoms with Gasteiger partial charge in [-0.15, -0.1) is 0 Å². The van der Waals surface area contributed by atoms with Gasteiger partial charge >= 0.3 is 0 Å². The zero-order valence-corrected chi connectivity index (χ0v) is 11.2. The van der Waals surface area contributed by atoms with Gasteiger partial charge in [0.25, 0.3) is 0 Å². The van der Waals surface area contributed by atoms with Crippen LogP contribution >= 0.6 is 0 Å². The van der Waals surface area contributed by atoms with Gasteiger partial charge in [-0.25, -0.2) is 4.98 Å². The number of nitrogens with zero attached hydrogens (tertiary/aromatic N) is 4. The SMILES string of the molecule is c1ccc(COn2cnc3cnc4cccnc4c32)cc1. The van der Waals surface area contributed by atoms with Crippen LogP contribution in [0.4, 0.5) is 0 Å². The summed E-state index contributed by atoms with van der Waals surface area (Å²) in [5.74, 6) is 0. The lowest BCUT2D eigenvalue weighted by Gasteiger charge is -2.08. The van der Waals surface area contributed by atoms with E-state index in [1.54, 1.807) is 23.5 Å². The molecule has 1 aromatic carbocycles. The summed E-state index contributed by atoms with van der Waals surface area (Å²) in [5.41, 5.74) is 4.34. The first-order valence-electron chi connectivity index (χ1n) is 6.66. The van der Waals surface area contributed by atoms with Crippen molar-refractivity contribution in [3.05, 3.63) is 66.7 Å². The van der Waals surface area contributed by atoms with Crippen molar-refractivity contribution in [1.82, 2.24) is 19.7 Å². The van der Waals surface area contributed by atoms with Gasteiger partial charge in [0.2, 0.25) is 0 Å². The predicted octanol–water partition coefficient (Wildman–Crippen LogP) is 2.61. The summed E-state index contributed by atoms with van der Waals surface area (Å²) in [7, 11) is 0. The second-order valence-electron chi connectivity index (χ2n) is 4.69. The van der Waals surface area contributed by atoms with Crippen molar-refractivity contribution in [3.8, 4) is 0 Å². The van der Waals surface area contributed by atoms with Crippen LogP contribution in [0.2, 0.25) is 0 Å². The summed E-state index contributed by atoms with van der Waals surface area (Å²) < 4.78 is 1.67. The summed E-state index contributed by atoms with van der Waals surface area (Å²) in [5, 5.41) is 0. The fourth-order valence-electron chi connectivity index (χ4n) is 2.30. The quantitative estimate of drug-likeness (QED) is 0.577. The fourth-order valence-corrected chi connectivity index (χ4v) is 2.30. The third-order valence-electron chi connectivity index (χ3n) is 3.31. The normalized spacial score (nSPS) is 11.0. The topological polar surface area (TPSA) is 52.8 Å². The van der Waals surface area contributed by atoms with Crippen LogP contribution in [0.25, 0.3) is 22.1 Å². The molecule has 0 amide bonds. The van der Waals surface area contributed by atoms with Gasteiger partial charge in [-0.1, -0.05) is 30.3 Å². The predicted molar refractivity (Wildman–Crippen MR) is 79.6 cm³/mol. The molecule has 0 atom stereocenters. The van der Waals surface area contributed by atoms with Crippen molar-refractivity contribution >= 4 is 22.1 Å². The van der Waals surface area contributed by atoms with Gasteiger partial charge < -0.3 is 4.84 Å². The largest absolute Gasteiger partial charge is 0.407 e. The lowest BCUT2D eigenvalue weighted by molar-refractivity contribution is 0.106. The fraction of sp³-hybridized carbons (Fsp3) is 0.0625. The van der Waals surface area contributed by atoms with E-state index in [2.05, 4.69) is 15.0 Å². The van der Waals surface area contributed by atoms with Crippen LogP contribution in [0.3, 0.4) is 0 Å². The second-order valence-corrected chi connectivity index (χ2v) is 4.69. The number of imidazole rings is 1. The summed E-state index contributed by atoms with van der Waals surface area (Å²) in [6.45, 7) is 0.475. The maximum Gasteiger partial charge on any atom is 0.140 e. The van der Waals surface area contributed by atoms with Crippen molar-refractivity contribution in [3.63, 3.8) is 0 Å². The highest BCUT2D eigenvalue weighted by atomic mass is 16.7. The highest BCUT2D eigenvalue weighted by molar-refractivity contribution is 5.98. The molecule has 21 heavy (non-hydrogen) atoms. The minimum Gasteiger partial charge on any atom is -0.407 e. The van der Waals surface area contributed by atoms with Crippen molar-refractivity contribution < 1.29 is 4.84 Å². The Morgan fingerprint density at radius 2 is 1.81 bits per heavy atom. The van der Waals surface area contributed by atoms with Crippen molar-refractivity contribution in [1.29, 1.82) is 0 Å². The van der Waals surface area contributed by atoms with Crippen LogP contribution in [0, 0.1) is 0 Å². The number of aromatic nitrogens is 4. The highest BCUT2D eigenvalue weighted by Crippen LogP contribution is 2.20. The average Bonchev–Trinajstić information content (AvgIpc) is 2.97. The Labute approximate surface area is 120 Å². The van der Waals surface area contributed by atoms with Crippen LogP contribution in [0.15, 0.2) is 61.2 Å². The van der Waals surface area contributed by atoms with E-state index >= 15 is 0 Å². The summed E-state index contributed by atoms with van der Waals surface area (Å²) >= 11 is 0. The summed E-state index contributed by atoms with van der Waals surface area (Å²) in [4.78, 5) is 18.9. The lowest BCUT2D eigenvalue weighted by Crippen LogP contribution is -2.10. The number of hydrogen-bond donors (Lipinski definition) is 0. The average molecular weight is 276 g/mol. The molecule has 3 aromatic heterocycles. The molecular formula is C16H12N4O. The molecular weight excluding hydrogens is 264 g/mol. The van der Waals surface area contributed by atoms with E-state index in [4.69, 9.17) is 4.84 Å². The molecule has 0 unspecified atom stereocenters. The monoisotopic (exact) mass is 276 g/mol. The van der Waals surface area contributed by atoms with Crippen LogP contribution in [-0.4, -0.2) is 19.7 Å². The summed E-state index contributed by atoms with van der Waals surface area (Å²) in [6.07, 6.45) is 5.14. The molecule has 5 heteroatoms. The van der Waals surface area contributed by atoms with Gasteiger partial charge in [-0.05, 0) is 17.7 Å². The lowest BCUT2D eigenvalue weighted by atomic mass is 10.2. The Hall–Kier alpha value is -2.95. The first kappa shape index (κ1) is 11.8. The third-order valence-corrected chi connectivity index (χ3v) is 3.31. The van der Waals surface area contributed by atoms with E-state index in [9.17, 15) is 0 Å². The summed E-state index contributed by atoms with van der Waals surface area (Å²) in [6, 6.07) is 13.8. The van der Waals surface area contributed by atoms with E-state index < -0.39 is 0 Å². The van der Waals surface area contributed by atoms with Gasteiger partial charge in [0, 0.05) is 6.20 Å². The van der Waals surface area contributed by atoms with Crippen LogP contribution < -0.4 is 4.84 Å². The molecule has 0 aliphatic heterocycles. The van der Waals surface area contributed by atoms with Gasteiger partial charge in [-0.3, -0.25) is 9.97 Å². The number of hydrogen-bond acceptors (Lipinski definition) is 4. The first-order chi connectivity index (χ1) is 10.4. The zero-order valence-electron chi connectivity index (χ0n) is 11.2. The molecule has 0 spiro atoms. The van der Waals surface area contributed by atoms with Crippen molar-refractivity contribution in [2.75, 3.05) is 0 Å². The Morgan fingerprint density at radius 1 is 0.905 bits per heavy atom. The molecule has 4 rings (SSSR count). The number of pyridine rings is 2. The Morgan fingerprint density at radius 3 is 2.71 bits per heavy atom. The Bertz CT molecular complexity index is 902. The third kappa shape index (κ3) is 2.08. The van der Waals surface area contributed by atoms with E-state index in [0.29, 0.717) is 6.61 Å². The maximum atomic E-state index is 5.84. The minimum absolute atomic E-state index is 0.475. The molecule has 102 valence electrons. The van der Waals surface area contributed by atoms with E-state index in [-0.39, 0.29) is 0 Å². The van der Waals surface area contributed by atoms with Crippen LogP contribution in [0.1, 0.15) is 5.56 Å². The van der Waals surface area contributed by atoms with Crippen molar-refractivity contribution in [2.24, 2.45) is 0 Å². The van der Waals surface area contributed by atoms with Gasteiger partial charge in [-0.2, -0.15) is 4.73 Å². The Balaban J connectivity index is 1.77. The molecule has 0 bridgehead atoms. The van der Waals surface area contributed by atoms with E-state index in [1.807, 2.05) is 42.5 Å². The van der Waals surface area contributed by atoms with Crippen LogP contribution in [-0.2, 0) is 6.61 Å². The molecule has 3 heterocycles.